The molecule has 0 fully saturated rings. The molecule has 4 heteroatoms. The molecule has 0 unspecified atom stereocenters. The average Bonchev–Trinajstić information content (AvgIpc) is 2.26. The first-order valence-corrected chi connectivity index (χ1v) is 6.13. The fourth-order valence-corrected chi connectivity index (χ4v) is 1.52. The lowest BCUT2D eigenvalue weighted by molar-refractivity contribution is 0.0242. The lowest BCUT2D eigenvalue weighted by Crippen LogP contribution is -2.37. The summed E-state index contributed by atoms with van der Waals surface area (Å²) in [7, 11) is 0. The molecule has 0 bridgehead atoms. The Balaban J connectivity index is 2.77. The van der Waals surface area contributed by atoms with Gasteiger partial charge in [0.05, 0.1) is 6.54 Å². The molecule has 0 atom stereocenters. The number of hydrogen-bond acceptors (Lipinski definition) is 2. The normalized spacial score (nSPS) is 10.9. The van der Waals surface area contributed by atoms with Gasteiger partial charge in [-0.15, -0.1) is 0 Å². The molecule has 0 aliphatic carbocycles. The predicted molar refractivity (Wildman–Crippen MR) is 73.3 cm³/mol. The molecule has 0 aliphatic heterocycles. The van der Waals surface area contributed by atoms with Gasteiger partial charge in [-0.25, -0.2) is 9.18 Å². The SMILES string of the molecule is C=C(F)CN(Cc1ccccc1)C(=O)OC(C)(C)C. The van der Waals surface area contributed by atoms with Crippen molar-refractivity contribution in [1.82, 2.24) is 4.90 Å². The van der Waals surface area contributed by atoms with Gasteiger partial charge in [-0.3, -0.25) is 4.90 Å². The van der Waals surface area contributed by atoms with Crippen LogP contribution < -0.4 is 0 Å². The van der Waals surface area contributed by atoms with E-state index in [0.717, 1.165) is 5.56 Å². The van der Waals surface area contributed by atoms with E-state index in [1.54, 1.807) is 20.8 Å². The molecule has 19 heavy (non-hydrogen) atoms. The van der Waals surface area contributed by atoms with Crippen LogP contribution in [0.5, 0.6) is 0 Å². The summed E-state index contributed by atoms with van der Waals surface area (Å²) < 4.78 is 18.3. The monoisotopic (exact) mass is 265 g/mol. The van der Waals surface area contributed by atoms with Crippen LogP contribution in [0.25, 0.3) is 0 Å². The number of hydrogen-bond donors (Lipinski definition) is 0. The number of halogens is 1. The Morgan fingerprint density at radius 2 is 1.89 bits per heavy atom. The van der Waals surface area contributed by atoms with Gasteiger partial charge < -0.3 is 4.74 Å². The maximum absolute atomic E-state index is 13.0. The molecule has 1 aromatic carbocycles. The quantitative estimate of drug-likeness (QED) is 0.826. The molecule has 0 heterocycles. The minimum Gasteiger partial charge on any atom is -0.444 e. The van der Waals surface area contributed by atoms with Crippen LogP contribution in [-0.2, 0) is 11.3 Å². The van der Waals surface area contributed by atoms with Crippen molar-refractivity contribution in [2.45, 2.75) is 32.9 Å². The van der Waals surface area contributed by atoms with Crippen LogP contribution in [0.15, 0.2) is 42.7 Å². The Hall–Kier alpha value is -1.84. The van der Waals surface area contributed by atoms with E-state index in [4.69, 9.17) is 4.74 Å². The molecule has 104 valence electrons. The van der Waals surface area contributed by atoms with Crippen LogP contribution in [0.4, 0.5) is 9.18 Å². The third kappa shape index (κ3) is 6.04. The smallest absolute Gasteiger partial charge is 0.410 e. The molecular formula is C15H20FNO2. The van der Waals surface area contributed by atoms with Gasteiger partial charge in [0, 0.05) is 6.54 Å². The van der Waals surface area contributed by atoms with Crippen LogP contribution >= 0.6 is 0 Å². The predicted octanol–water partition coefficient (Wildman–Crippen LogP) is 3.91. The number of amides is 1. The molecule has 0 aliphatic rings. The number of carbonyl (C=O) groups is 1. The number of rotatable bonds is 4. The first-order valence-electron chi connectivity index (χ1n) is 6.13. The first kappa shape index (κ1) is 15.2. The maximum Gasteiger partial charge on any atom is 0.410 e. The Morgan fingerprint density at radius 3 is 2.37 bits per heavy atom. The van der Waals surface area contributed by atoms with E-state index < -0.39 is 17.5 Å². The van der Waals surface area contributed by atoms with Crippen molar-refractivity contribution in [1.29, 1.82) is 0 Å². The van der Waals surface area contributed by atoms with Crippen molar-refractivity contribution in [3.8, 4) is 0 Å². The number of ether oxygens (including phenoxy) is 1. The summed E-state index contributed by atoms with van der Waals surface area (Å²) in [4.78, 5) is 13.3. The summed E-state index contributed by atoms with van der Waals surface area (Å²) in [5, 5.41) is 0. The number of carbonyl (C=O) groups excluding carboxylic acids is 1. The molecule has 1 rings (SSSR count). The fourth-order valence-electron chi connectivity index (χ4n) is 1.52. The second kappa shape index (κ2) is 6.36. The second-order valence-electron chi connectivity index (χ2n) is 5.34. The molecule has 0 aromatic heterocycles. The van der Waals surface area contributed by atoms with Gasteiger partial charge >= 0.3 is 6.09 Å². The standard InChI is InChI=1S/C15H20FNO2/c1-12(16)10-17(14(18)19-15(2,3)4)11-13-8-6-5-7-9-13/h5-9H,1,10-11H2,2-4H3. The van der Waals surface area contributed by atoms with Gasteiger partial charge in [0.15, 0.2) is 0 Å². The number of benzene rings is 1. The van der Waals surface area contributed by atoms with Gasteiger partial charge in [0.25, 0.3) is 0 Å². The minimum absolute atomic E-state index is 0.163. The highest BCUT2D eigenvalue weighted by molar-refractivity contribution is 5.68. The molecule has 1 amide bonds. The van der Waals surface area contributed by atoms with E-state index >= 15 is 0 Å². The summed E-state index contributed by atoms with van der Waals surface area (Å²) in [5.41, 5.74) is 0.304. The second-order valence-corrected chi connectivity index (χ2v) is 5.34. The Morgan fingerprint density at radius 1 is 1.32 bits per heavy atom. The zero-order chi connectivity index (χ0) is 14.5. The number of nitrogens with zero attached hydrogens (tertiary/aromatic N) is 1. The van der Waals surface area contributed by atoms with E-state index in [0.29, 0.717) is 6.54 Å². The van der Waals surface area contributed by atoms with Gasteiger partial charge in [-0.2, -0.15) is 0 Å². The van der Waals surface area contributed by atoms with E-state index in [1.807, 2.05) is 30.3 Å². The van der Waals surface area contributed by atoms with Crippen LogP contribution in [0, 0.1) is 0 Å². The van der Waals surface area contributed by atoms with E-state index in [9.17, 15) is 9.18 Å². The molecule has 0 N–H and O–H groups in total. The van der Waals surface area contributed by atoms with Gasteiger partial charge in [0.2, 0.25) is 0 Å². The Kier molecular flexibility index (Phi) is 5.10. The molecule has 3 nitrogen and oxygen atoms in total. The maximum atomic E-state index is 13.0. The molecular weight excluding hydrogens is 245 g/mol. The van der Waals surface area contributed by atoms with Crippen molar-refractivity contribution in [2.75, 3.05) is 6.54 Å². The molecule has 0 saturated heterocycles. The van der Waals surface area contributed by atoms with Crippen LogP contribution in [0.2, 0.25) is 0 Å². The average molecular weight is 265 g/mol. The van der Waals surface area contributed by atoms with Crippen molar-refractivity contribution in [3.63, 3.8) is 0 Å². The summed E-state index contributed by atoms with van der Waals surface area (Å²) in [6, 6.07) is 9.37. The van der Waals surface area contributed by atoms with Crippen molar-refractivity contribution < 1.29 is 13.9 Å². The summed E-state index contributed by atoms with van der Waals surface area (Å²) in [6.45, 7) is 8.65. The third-order valence-electron chi connectivity index (χ3n) is 2.23. The topological polar surface area (TPSA) is 29.5 Å². The Bertz CT molecular complexity index is 437. The highest BCUT2D eigenvalue weighted by Gasteiger charge is 2.22. The highest BCUT2D eigenvalue weighted by Crippen LogP contribution is 2.14. The van der Waals surface area contributed by atoms with Crippen molar-refractivity contribution in [2.24, 2.45) is 0 Å². The zero-order valence-corrected chi connectivity index (χ0v) is 11.6. The van der Waals surface area contributed by atoms with Gasteiger partial charge in [0.1, 0.15) is 11.4 Å². The van der Waals surface area contributed by atoms with Gasteiger partial charge in [-0.1, -0.05) is 36.9 Å². The summed E-state index contributed by atoms with van der Waals surface area (Å²) in [6.07, 6.45) is -0.546. The Labute approximate surface area is 113 Å². The fraction of sp³-hybridized carbons (Fsp3) is 0.400. The van der Waals surface area contributed by atoms with Crippen molar-refractivity contribution in [3.05, 3.63) is 48.3 Å². The first-order chi connectivity index (χ1) is 8.78. The van der Waals surface area contributed by atoms with Crippen LogP contribution in [0.3, 0.4) is 0 Å². The van der Waals surface area contributed by atoms with Crippen LogP contribution in [0.1, 0.15) is 26.3 Å². The molecule has 1 aromatic rings. The van der Waals surface area contributed by atoms with E-state index in [2.05, 4.69) is 6.58 Å². The minimum atomic E-state index is -0.607. The highest BCUT2D eigenvalue weighted by atomic mass is 19.1. The zero-order valence-electron chi connectivity index (χ0n) is 11.6. The summed E-state index contributed by atoms with van der Waals surface area (Å²) >= 11 is 0. The van der Waals surface area contributed by atoms with E-state index in [-0.39, 0.29) is 6.54 Å². The summed E-state index contributed by atoms with van der Waals surface area (Å²) in [5.74, 6) is -0.568. The lowest BCUT2D eigenvalue weighted by Gasteiger charge is -2.27. The van der Waals surface area contributed by atoms with Crippen LogP contribution in [-0.4, -0.2) is 23.1 Å². The van der Waals surface area contributed by atoms with E-state index in [1.165, 1.54) is 4.90 Å². The molecule has 0 spiro atoms. The third-order valence-corrected chi connectivity index (χ3v) is 2.23. The van der Waals surface area contributed by atoms with Crippen molar-refractivity contribution >= 4 is 6.09 Å². The van der Waals surface area contributed by atoms with Gasteiger partial charge in [-0.05, 0) is 26.3 Å². The molecule has 0 radical (unpaired) electrons. The largest absolute Gasteiger partial charge is 0.444 e. The molecule has 0 saturated carbocycles. The lowest BCUT2D eigenvalue weighted by atomic mass is 10.2.